The van der Waals surface area contributed by atoms with Crippen molar-refractivity contribution in [1.29, 1.82) is 0 Å². The molecule has 1 atom stereocenters. The summed E-state index contributed by atoms with van der Waals surface area (Å²) in [5.41, 5.74) is 4.19. The lowest BCUT2D eigenvalue weighted by Gasteiger charge is -2.25. The smallest absolute Gasteiger partial charge is 0.304 e. The second-order valence-electron chi connectivity index (χ2n) is 7.89. The van der Waals surface area contributed by atoms with E-state index < -0.39 is 18.0 Å². The quantitative estimate of drug-likeness (QED) is 0.340. The van der Waals surface area contributed by atoms with Crippen LogP contribution < -0.4 is 4.90 Å². The molecule has 1 aliphatic rings. The van der Waals surface area contributed by atoms with Gasteiger partial charge in [0.25, 0.3) is 5.91 Å². The topological polar surface area (TPSA) is 59.5 Å². The highest BCUT2D eigenvalue weighted by atomic mass is 35.5. The summed E-state index contributed by atoms with van der Waals surface area (Å²) in [6.45, 7) is 3.26. The number of anilines is 1. The van der Waals surface area contributed by atoms with Crippen LogP contribution >= 0.6 is 11.6 Å². The Bertz CT molecular complexity index is 1420. The van der Waals surface area contributed by atoms with Crippen molar-refractivity contribution >= 4 is 40.1 Å². The molecule has 2 heterocycles. The van der Waals surface area contributed by atoms with Gasteiger partial charge in [-0.2, -0.15) is 0 Å². The monoisotopic (exact) mass is 460 g/mol. The van der Waals surface area contributed by atoms with Crippen LogP contribution in [0, 0.1) is 12.7 Å². The number of benzene rings is 3. The number of amides is 1. The van der Waals surface area contributed by atoms with Gasteiger partial charge >= 0.3 is 5.97 Å². The summed E-state index contributed by atoms with van der Waals surface area (Å²) in [4.78, 5) is 32.1. The minimum Gasteiger partial charge on any atom is -0.437 e. The normalized spacial score (nSPS) is 15.1. The molecule has 0 N–H and O–H groups in total. The highest BCUT2D eigenvalue weighted by Crippen LogP contribution is 2.45. The fourth-order valence-electron chi connectivity index (χ4n) is 4.13. The van der Waals surface area contributed by atoms with Crippen molar-refractivity contribution in [3.05, 3.63) is 94.3 Å². The summed E-state index contributed by atoms with van der Waals surface area (Å²) >= 11 is 6.25. The van der Waals surface area contributed by atoms with E-state index in [-0.39, 0.29) is 5.91 Å². The number of hydrogen-bond acceptors (Lipinski definition) is 4. The highest BCUT2D eigenvalue weighted by Gasteiger charge is 2.44. The number of aromatic nitrogens is 1. The first-order valence-electron chi connectivity index (χ1n) is 10.3. The number of ether oxygens (including phenoxy) is 1. The van der Waals surface area contributed by atoms with Gasteiger partial charge in [-0.3, -0.25) is 14.5 Å². The van der Waals surface area contributed by atoms with E-state index in [4.69, 9.17) is 21.3 Å². The van der Waals surface area contributed by atoms with Crippen molar-refractivity contribution in [2.45, 2.75) is 20.1 Å². The predicted molar refractivity (Wildman–Crippen MR) is 125 cm³/mol. The highest BCUT2D eigenvalue weighted by molar-refractivity contribution is 6.32. The van der Waals surface area contributed by atoms with Gasteiger partial charge in [0, 0.05) is 28.6 Å². The fourth-order valence-corrected chi connectivity index (χ4v) is 4.30. The van der Waals surface area contributed by atoms with Crippen molar-refractivity contribution < 1.29 is 18.7 Å². The lowest BCUT2D eigenvalue weighted by molar-refractivity contribution is -0.146. The Morgan fingerprint density at radius 1 is 1.06 bits per heavy atom. The van der Waals surface area contributed by atoms with Gasteiger partial charge in [-0.05, 0) is 49.4 Å². The second kappa shape index (κ2) is 7.98. The lowest BCUT2D eigenvalue weighted by atomic mass is 9.97. The van der Waals surface area contributed by atoms with E-state index in [0.717, 1.165) is 11.1 Å². The molecule has 0 spiro atoms. The van der Waals surface area contributed by atoms with Gasteiger partial charge in [-0.1, -0.05) is 41.4 Å². The third kappa shape index (κ3) is 3.62. The van der Waals surface area contributed by atoms with Gasteiger partial charge in [0.15, 0.2) is 0 Å². The Labute approximate surface area is 194 Å². The zero-order valence-corrected chi connectivity index (χ0v) is 18.6. The van der Waals surface area contributed by atoms with Crippen molar-refractivity contribution in [2.24, 2.45) is 0 Å². The zero-order chi connectivity index (χ0) is 23.3. The maximum absolute atomic E-state index is 13.8. The van der Waals surface area contributed by atoms with Crippen molar-refractivity contribution in [1.82, 2.24) is 4.98 Å². The Morgan fingerprint density at radius 2 is 1.76 bits per heavy atom. The van der Waals surface area contributed by atoms with E-state index in [1.165, 1.54) is 36.1 Å². The minimum absolute atomic E-state index is 0.355. The summed E-state index contributed by atoms with van der Waals surface area (Å²) < 4.78 is 19.3. The molecule has 1 aromatic heterocycles. The number of esters is 1. The van der Waals surface area contributed by atoms with Gasteiger partial charge in [-0.15, -0.1) is 0 Å². The third-order valence-electron chi connectivity index (χ3n) is 5.61. The number of pyridine rings is 1. The molecule has 33 heavy (non-hydrogen) atoms. The Morgan fingerprint density at radius 3 is 2.42 bits per heavy atom. The first-order valence-corrected chi connectivity index (χ1v) is 10.7. The largest absolute Gasteiger partial charge is 0.437 e. The molecule has 5 rings (SSSR count). The molecule has 3 aromatic carbocycles. The van der Waals surface area contributed by atoms with Gasteiger partial charge in [0.1, 0.15) is 5.82 Å². The number of fused-ring (bicyclic) bond motifs is 3. The number of hydrogen-bond donors (Lipinski definition) is 0. The van der Waals surface area contributed by atoms with Gasteiger partial charge in [-0.25, -0.2) is 9.37 Å². The summed E-state index contributed by atoms with van der Waals surface area (Å²) in [6.07, 6.45) is -1.07. The summed E-state index contributed by atoms with van der Waals surface area (Å²) in [5, 5.41) is 1.01. The number of carbonyl (C=O) groups is 2. The number of rotatable bonds is 3. The zero-order valence-electron chi connectivity index (χ0n) is 17.8. The number of nitrogens with zero attached hydrogens (tertiary/aromatic N) is 2. The van der Waals surface area contributed by atoms with E-state index in [0.29, 0.717) is 38.4 Å². The Hall–Kier alpha value is -3.77. The first-order chi connectivity index (χ1) is 15.8. The van der Waals surface area contributed by atoms with Crippen LogP contribution in [0.4, 0.5) is 10.1 Å². The van der Waals surface area contributed by atoms with Crippen LogP contribution in [0.3, 0.4) is 0 Å². The van der Waals surface area contributed by atoms with Crippen molar-refractivity contribution in [3.63, 3.8) is 0 Å². The van der Waals surface area contributed by atoms with Gasteiger partial charge in [0.05, 0.1) is 22.3 Å². The molecule has 1 amide bonds. The van der Waals surface area contributed by atoms with Crippen molar-refractivity contribution in [2.75, 3.05) is 4.90 Å². The van der Waals surface area contributed by atoms with Gasteiger partial charge in [0.2, 0.25) is 6.23 Å². The SMILES string of the molecule is CC(=O)OC1c2c(-c3ccc(C)cc3)nc3ccc(Cl)cc3c2C(=O)N1c1ccc(F)cc1. The molecule has 164 valence electrons. The molecule has 1 aliphatic heterocycles. The van der Waals surface area contributed by atoms with E-state index in [1.54, 1.807) is 18.2 Å². The second-order valence-corrected chi connectivity index (χ2v) is 8.33. The summed E-state index contributed by atoms with van der Waals surface area (Å²) in [7, 11) is 0. The molecule has 0 saturated heterocycles. The number of aryl methyl sites for hydroxylation is 1. The number of halogens is 2. The molecular weight excluding hydrogens is 443 g/mol. The maximum Gasteiger partial charge on any atom is 0.304 e. The van der Waals surface area contributed by atoms with Crippen LogP contribution in [0.25, 0.3) is 22.2 Å². The van der Waals surface area contributed by atoms with Crippen LogP contribution in [0.2, 0.25) is 5.02 Å². The maximum atomic E-state index is 13.8. The predicted octanol–water partition coefficient (Wildman–Crippen LogP) is 6.22. The van der Waals surface area contributed by atoms with Crippen LogP contribution in [0.15, 0.2) is 66.7 Å². The molecule has 0 radical (unpaired) electrons. The summed E-state index contributed by atoms with van der Waals surface area (Å²) in [5.74, 6) is -1.38. The molecular formula is C26H18ClFN2O3. The van der Waals surface area contributed by atoms with Crippen molar-refractivity contribution in [3.8, 4) is 11.3 Å². The standard InChI is InChI=1S/C26H18ClFN2O3/c1-14-3-5-16(6-4-14)24-23-22(20-13-17(27)7-12-21(20)29-24)25(32)30(26(23)33-15(2)31)19-10-8-18(28)9-11-19/h3-13,26H,1-2H3. The Kier molecular flexibility index (Phi) is 5.10. The molecule has 0 fully saturated rings. The average molecular weight is 461 g/mol. The molecule has 0 aliphatic carbocycles. The fraction of sp³-hybridized carbons (Fsp3) is 0.115. The van der Waals surface area contributed by atoms with E-state index in [1.807, 2.05) is 31.2 Å². The minimum atomic E-state index is -1.07. The van der Waals surface area contributed by atoms with Gasteiger partial charge < -0.3 is 4.74 Å². The molecule has 0 bridgehead atoms. The van der Waals surface area contributed by atoms with Crippen LogP contribution in [0.5, 0.6) is 0 Å². The van der Waals surface area contributed by atoms with E-state index >= 15 is 0 Å². The number of carbonyl (C=O) groups excluding carboxylic acids is 2. The van der Waals surface area contributed by atoms with Crippen LogP contribution in [-0.2, 0) is 9.53 Å². The molecule has 0 saturated carbocycles. The molecule has 5 nitrogen and oxygen atoms in total. The van der Waals surface area contributed by atoms with E-state index in [9.17, 15) is 14.0 Å². The third-order valence-corrected chi connectivity index (χ3v) is 5.84. The average Bonchev–Trinajstić information content (AvgIpc) is 3.06. The van der Waals surface area contributed by atoms with E-state index in [2.05, 4.69) is 0 Å². The van der Waals surface area contributed by atoms with Crippen LogP contribution in [0.1, 0.15) is 34.6 Å². The molecule has 1 unspecified atom stereocenters. The first kappa shape index (κ1) is 21.1. The molecule has 4 aromatic rings. The lowest BCUT2D eigenvalue weighted by Crippen LogP contribution is -2.30. The summed E-state index contributed by atoms with van der Waals surface area (Å²) in [6, 6.07) is 18.3. The van der Waals surface area contributed by atoms with Crippen LogP contribution in [-0.4, -0.2) is 16.9 Å². The molecule has 7 heteroatoms. The Balaban J connectivity index is 1.84.